The predicted octanol–water partition coefficient (Wildman–Crippen LogP) is 2.05. The highest BCUT2D eigenvalue weighted by Crippen LogP contribution is 2.50. The van der Waals surface area contributed by atoms with E-state index in [9.17, 15) is 0 Å². The molecular weight excluding hydrogens is 204 g/mol. The lowest BCUT2D eigenvalue weighted by Crippen LogP contribution is -2.26. The van der Waals surface area contributed by atoms with Gasteiger partial charge in [0.2, 0.25) is 0 Å². The minimum Gasteiger partial charge on any atom is -0.393 e. The molecule has 4 heteroatoms. The van der Waals surface area contributed by atoms with Crippen LogP contribution in [0.3, 0.4) is 0 Å². The number of rotatable bonds is 2. The number of halogens is 1. The highest BCUT2D eigenvalue weighted by molar-refractivity contribution is 7.80. The third kappa shape index (κ3) is 1.32. The molecule has 0 atom stereocenters. The summed E-state index contributed by atoms with van der Waals surface area (Å²) in [5, 5.41) is 0.660. The van der Waals surface area contributed by atoms with Gasteiger partial charge in [-0.25, -0.2) is 0 Å². The van der Waals surface area contributed by atoms with E-state index in [2.05, 4.69) is 4.98 Å². The van der Waals surface area contributed by atoms with Crippen molar-refractivity contribution >= 4 is 28.8 Å². The Morgan fingerprint density at radius 2 is 2.31 bits per heavy atom. The fourth-order valence-corrected chi connectivity index (χ4v) is 2.15. The first-order valence-electron chi connectivity index (χ1n) is 4.07. The van der Waals surface area contributed by atoms with Crippen LogP contribution in [0.5, 0.6) is 0 Å². The molecule has 0 spiro atoms. The van der Waals surface area contributed by atoms with Crippen LogP contribution in [0, 0.1) is 0 Å². The van der Waals surface area contributed by atoms with Gasteiger partial charge in [0.05, 0.1) is 10.0 Å². The number of nitrogens with zero attached hydrogens (tertiary/aromatic N) is 1. The van der Waals surface area contributed by atoms with E-state index in [1.165, 1.54) is 0 Å². The van der Waals surface area contributed by atoms with Crippen LogP contribution in [-0.2, 0) is 5.41 Å². The fraction of sp³-hybridized carbons (Fsp3) is 0.333. The molecule has 68 valence electrons. The van der Waals surface area contributed by atoms with Crippen molar-refractivity contribution < 1.29 is 0 Å². The minimum absolute atomic E-state index is 0.130. The lowest BCUT2D eigenvalue weighted by Gasteiger charge is -2.14. The number of thiocarbonyl (C=S) groups is 1. The van der Waals surface area contributed by atoms with Crippen molar-refractivity contribution in [2.24, 2.45) is 5.73 Å². The lowest BCUT2D eigenvalue weighted by atomic mass is 9.97. The van der Waals surface area contributed by atoms with Crippen LogP contribution in [0.25, 0.3) is 0 Å². The summed E-state index contributed by atoms with van der Waals surface area (Å²) in [6, 6.07) is 1.90. The van der Waals surface area contributed by atoms with E-state index in [1.807, 2.05) is 6.07 Å². The van der Waals surface area contributed by atoms with Crippen LogP contribution in [0.15, 0.2) is 18.5 Å². The van der Waals surface area contributed by atoms with E-state index in [4.69, 9.17) is 29.6 Å². The zero-order chi connectivity index (χ0) is 9.47. The van der Waals surface area contributed by atoms with Gasteiger partial charge in [-0.15, -0.1) is 0 Å². The van der Waals surface area contributed by atoms with Gasteiger partial charge >= 0.3 is 0 Å². The van der Waals surface area contributed by atoms with E-state index in [0.717, 1.165) is 18.4 Å². The molecule has 0 unspecified atom stereocenters. The van der Waals surface area contributed by atoms with Gasteiger partial charge in [-0.2, -0.15) is 0 Å². The fourth-order valence-electron chi connectivity index (χ4n) is 1.54. The SMILES string of the molecule is NC(=S)C1(c2ccncc2Cl)CC1. The van der Waals surface area contributed by atoms with Gasteiger partial charge in [-0.1, -0.05) is 23.8 Å². The van der Waals surface area contributed by atoms with E-state index in [0.29, 0.717) is 10.0 Å². The van der Waals surface area contributed by atoms with Crippen LogP contribution >= 0.6 is 23.8 Å². The molecule has 0 bridgehead atoms. The summed E-state index contributed by atoms with van der Waals surface area (Å²) in [5.41, 5.74) is 6.58. The Labute approximate surface area is 87.1 Å². The number of hydrogen-bond acceptors (Lipinski definition) is 2. The van der Waals surface area contributed by atoms with Crippen molar-refractivity contribution in [2.75, 3.05) is 0 Å². The molecule has 0 aromatic carbocycles. The Bertz CT molecular complexity index is 360. The van der Waals surface area contributed by atoms with Gasteiger partial charge in [0.25, 0.3) is 0 Å². The Balaban J connectivity index is 2.47. The van der Waals surface area contributed by atoms with Crippen molar-refractivity contribution in [3.8, 4) is 0 Å². The van der Waals surface area contributed by atoms with Crippen LogP contribution in [-0.4, -0.2) is 9.97 Å². The van der Waals surface area contributed by atoms with Gasteiger partial charge in [0.1, 0.15) is 0 Å². The third-order valence-electron chi connectivity index (χ3n) is 2.51. The average molecular weight is 213 g/mol. The van der Waals surface area contributed by atoms with Crippen molar-refractivity contribution in [3.63, 3.8) is 0 Å². The summed E-state index contributed by atoms with van der Waals surface area (Å²) in [6.45, 7) is 0. The molecule has 0 amide bonds. The maximum Gasteiger partial charge on any atom is 0.0835 e. The average Bonchev–Trinajstić information content (AvgIpc) is 2.85. The molecule has 1 aromatic rings. The Hall–Kier alpha value is -0.670. The summed E-state index contributed by atoms with van der Waals surface area (Å²) in [5.74, 6) is 0. The Morgan fingerprint density at radius 3 is 2.77 bits per heavy atom. The van der Waals surface area contributed by atoms with Gasteiger partial charge in [-0.3, -0.25) is 4.98 Å². The van der Waals surface area contributed by atoms with Gasteiger partial charge in [0.15, 0.2) is 0 Å². The summed E-state index contributed by atoms with van der Waals surface area (Å²) in [7, 11) is 0. The predicted molar refractivity (Wildman–Crippen MR) is 56.9 cm³/mol. The largest absolute Gasteiger partial charge is 0.393 e. The normalized spacial score (nSPS) is 18.2. The highest BCUT2D eigenvalue weighted by Gasteiger charge is 2.48. The maximum absolute atomic E-state index is 6.02. The molecule has 1 heterocycles. The summed E-state index contributed by atoms with van der Waals surface area (Å²) in [6.07, 6.45) is 5.37. The lowest BCUT2D eigenvalue weighted by molar-refractivity contribution is 0.948. The summed E-state index contributed by atoms with van der Waals surface area (Å²) in [4.78, 5) is 4.47. The highest BCUT2D eigenvalue weighted by atomic mass is 35.5. The molecular formula is C9H9ClN2S. The monoisotopic (exact) mass is 212 g/mol. The van der Waals surface area contributed by atoms with Crippen molar-refractivity contribution in [3.05, 3.63) is 29.0 Å². The van der Waals surface area contributed by atoms with E-state index in [-0.39, 0.29) is 5.41 Å². The first-order chi connectivity index (χ1) is 6.17. The van der Waals surface area contributed by atoms with Crippen LogP contribution in [0.1, 0.15) is 18.4 Å². The molecule has 1 fully saturated rings. The molecule has 2 rings (SSSR count). The maximum atomic E-state index is 6.02. The van der Waals surface area contributed by atoms with Crippen LogP contribution in [0.2, 0.25) is 5.02 Å². The second-order valence-corrected chi connectivity index (χ2v) is 4.15. The van der Waals surface area contributed by atoms with E-state index in [1.54, 1.807) is 12.4 Å². The number of hydrogen-bond donors (Lipinski definition) is 1. The smallest absolute Gasteiger partial charge is 0.0835 e. The summed E-state index contributed by atoms with van der Waals surface area (Å²) >= 11 is 11.0. The first kappa shape index (κ1) is 8.91. The standard InChI is InChI=1S/C9H9ClN2S/c10-7-5-12-4-1-6(7)9(2-3-9)8(11)13/h1,4-5H,2-3H2,(H2,11,13). The van der Waals surface area contributed by atoms with Gasteiger partial charge in [0, 0.05) is 17.8 Å². The van der Waals surface area contributed by atoms with Crippen molar-refractivity contribution in [2.45, 2.75) is 18.3 Å². The molecule has 13 heavy (non-hydrogen) atoms. The Morgan fingerprint density at radius 1 is 1.62 bits per heavy atom. The number of pyridine rings is 1. The molecule has 0 saturated heterocycles. The van der Waals surface area contributed by atoms with Crippen LogP contribution in [0.4, 0.5) is 0 Å². The second-order valence-electron chi connectivity index (χ2n) is 3.30. The van der Waals surface area contributed by atoms with Gasteiger partial charge < -0.3 is 5.73 Å². The third-order valence-corrected chi connectivity index (χ3v) is 3.20. The topological polar surface area (TPSA) is 38.9 Å². The van der Waals surface area contributed by atoms with E-state index < -0.39 is 0 Å². The van der Waals surface area contributed by atoms with Crippen molar-refractivity contribution in [1.82, 2.24) is 4.98 Å². The minimum atomic E-state index is -0.130. The quantitative estimate of drug-likeness (QED) is 0.763. The molecule has 1 aliphatic rings. The number of aromatic nitrogens is 1. The molecule has 1 aromatic heterocycles. The molecule has 1 saturated carbocycles. The van der Waals surface area contributed by atoms with Crippen molar-refractivity contribution in [1.29, 1.82) is 0 Å². The van der Waals surface area contributed by atoms with E-state index >= 15 is 0 Å². The zero-order valence-corrected chi connectivity index (χ0v) is 8.53. The zero-order valence-electron chi connectivity index (χ0n) is 6.96. The molecule has 1 aliphatic carbocycles. The molecule has 0 radical (unpaired) electrons. The number of nitrogens with two attached hydrogens (primary N) is 1. The first-order valence-corrected chi connectivity index (χ1v) is 4.85. The Kier molecular flexibility index (Phi) is 2.00. The van der Waals surface area contributed by atoms with Gasteiger partial charge in [-0.05, 0) is 24.5 Å². The molecule has 2 nitrogen and oxygen atoms in total. The van der Waals surface area contributed by atoms with Crippen LogP contribution < -0.4 is 5.73 Å². The molecule has 0 aliphatic heterocycles. The molecule has 2 N–H and O–H groups in total. The summed E-state index contributed by atoms with van der Waals surface area (Å²) < 4.78 is 0. The second kappa shape index (κ2) is 2.93.